The van der Waals surface area contributed by atoms with Gasteiger partial charge in [0.15, 0.2) is 0 Å². The highest BCUT2D eigenvalue weighted by molar-refractivity contribution is 7.12. The molecule has 0 spiro atoms. The lowest BCUT2D eigenvalue weighted by molar-refractivity contribution is 0.0677. The monoisotopic (exact) mass is 437 g/mol. The second kappa shape index (κ2) is 9.69. The largest absolute Gasteiger partial charge is 0.340 e. The van der Waals surface area contributed by atoms with Gasteiger partial charge in [-0.15, -0.1) is 11.3 Å². The van der Waals surface area contributed by atoms with Crippen LogP contribution < -0.4 is 4.90 Å². The number of hydrogen-bond donors (Lipinski definition) is 0. The molecule has 0 radical (unpaired) electrons. The average molecular weight is 438 g/mol. The Kier molecular flexibility index (Phi) is 6.76. The number of amides is 1. The van der Waals surface area contributed by atoms with Crippen molar-refractivity contribution in [2.45, 2.75) is 52.6 Å². The number of aromatic nitrogens is 1. The van der Waals surface area contributed by atoms with Crippen molar-refractivity contribution in [2.24, 2.45) is 5.92 Å². The predicted octanol–water partition coefficient (Wildman–Crippen LogP) is 6.08. The fourth-order valence-corrected chi connectivity index (χ4v) is 4.77. The highest BCUT2D eigenvalue weighted by atomic mass is 32.1. The molecule has 3 heterocycles. The van der Waals surface area contributed by atoms with Gasteiger partial charge in [-0.2, -0.15) is 0 Å². The standard InChI is InChI=1S/C25H31N3O2S/c1-4-19(3)28(24(29)22-11-8-16-31-22)17-21-23(20-9-6-5-7-10-20)26-30-25(21)27-14-12-18(2)13-15-27/h5-11,16,18-19H,4,12-15,17H2,1-3H3. The van der Waals surface area contributed by atoms with E-state index >= 15 is 0 Å². The highest BCUT2D eigenvalue weighted by Gasteiger charge is 2.30. The summed E-state index contributed by atoms with van der Waals surface area (Å²) in [4.78, 5) is 18.4. The number of piperidine rings is 1. The molecule has 1 aliphatic heterocycles. The van der Waals surface area contributed by atoms with Gasteiger partial charge < -0.3 is 14.3 Å². The van der Waals surface area contributed by atoms with Gasteiger partial charge in [0.2, 0.25) is 5.88 Å². The van der Waals surface area contributed by atoms with Crippen LogP contribution in [0.4, 0.5) is 5.88 Å². The quantitative estimate of drug-likeness (QED) is 0.449. The van der Waals surface area contributed by atoms with E-state index in [0.29, 0.717) is 6.54 Å². The van der Waals surface area contributed by atoms with Crippen molar-refractivity contribution in [3.63, 3.8) is 0 Å². The van der Waals surface area contributed by atoms with Crippen molar-refractivity contribution >= 4 is 23.1 Å². The summed E-state index contributed by atoms with van der Waals surface area (Å²) in [5.41, 5.74) is 2.86. The Morgan fingerprint density at radius 1 is 1.23 bits per heavy atom. The number of anilines is 1. The molecule has 1 atom stereocenters. The zero-order chi connectivity index (χ0) is 21.8. The van der Waals surface area contributed by atoms with Gasteiger partial charge >= 0.3 is 0 Å². The molecule has 6 heteroatoms. The van der Waals surface area contributed by atoms with E-state index in [-0.39, 0.29) is 11.9 Å². The molecular weight excluding hydrogens is 406 g/mol. The van der Waals surface area contributed by atoms with Crippen molar-refractivity contribution in [2.75, 3.05) is 18.0 Å². The normalized spacial score (nSPS) is 15.8. The molecule has 0 saturated carbocycles. The molecule has 0 aliphatic carbocycles. The molecule has 1 aromatic carbocycles. The number of thiophene rings is 1. The van der Waals surface area contributed by atoms with Gasteiger partial charge in [0.25, 0.3) is 5.91 Å². The van der Waals surface area contributed by atoms with Crippen molar-refractivity contribution in [1.82, 2.24) is 10.1 Å². The lowest BCUT2D eigenvalue weighted by Crippen LogP contribution is -2.38. The third kappa shape index (κ3) is 4.69. The lowest BCUT2D eigenvalue weighted by atomic mass is 9.98. The van der Waals surface area contributed by atoms with E-state index in [9.17, 15) is 4.79 Å². The topological polar surface area (TPSA) is 49.6 Å². The third-order valence-corrected chi connectivity index (χ3v) is 7.19. The van der Waals surface area contributed by atoms with Crippen LogP contribution in [0.2, 0.25) is 0 Å². The predicted molar refractivity (Wildman–Crippen MR) is 126 cm³/mol. The van der Waals surface area contributed by atoms with E-state index in [4.69, 9.17) is 4.52 Å². The van der Waals surface area contributed by atoms with Crippen LogP contribution in [-0.4, -0.2) is 35.1 Å². The molecule has 164 valence electrons. The van der Waals surface area contributed by atoms with E-state index in [1.807, 2.05) is 40.6 Å². The number of hydrogen-bond acceptors (Lipinski definition) is 5. The number of carbonyl (C=O) groups excluding carboxylic acids is 1. The highest BCUT2D eigenvalue weighted by Crippen LogP contribution is 2.35. The van der Waals surface area contributed by atoms with Crippen LogP contribution in [0.15, 0.2) is 52.4 Å². The fraction of sp³-hybridized carbons (Fsp3) is 0.440. The van der Waals surface area contributed by atoms with Crippen LogP contribution in [0, 0.1) is 5.92 Å². The maximum absolute atomic E-state index is 13.4. The molecule has 1 aliphatic rings. The molecule has 0 N–H and O–H groups in total. The number of rotatable bonds is 7. The number of nitrogens with zero attached hydrogens (tertiary/aromatic N) is 3. The van der Waals surface area contributed by atoms with Gasteiger partial charge in [-0.1, -0.05) is 55.4 Å². The summed E-state index contributed by atoms with van der Waals surface area (Å²) >= 11 is 1.49. The first-order valence-electron chi connectivity index (χ1n) is 11.2. The van der Waals surface area contributed by atoms with Crippen LogP contribution in [0.3, 0.4) is 0 Å². The Balaban J connectivity index is 1.73. The summed E-state index contributed by atoms with van der Waals surface area (Å²) in [5.74, 6) is 1.62. The van der Waals surface area contributed by atoms with Crippen LogP contribution in [0.5, 0.6) is 0 Å². The zero-order valence-corrected chi connectivity index (χ0v) is 19.4. The van der Waals surface area contributed by atoms with E-state index in [0.717, 1.165) is 65.9 Å². The minimum absolute atomic E-state index is 0.0720. The van der Waals surface area contributed by atoms with Crippen LogP contribution in [-0.2, 0) is 6.54 Å². The van der Waals surface area contributed by atoms with E-state index in [1.54, 1.807) is 0 Å². The third-order valence-electron chi connectivity index (χ3n) is 6.33. The first-order chi connectivity index (χ1) is 15.1. The van der Waals surface area contributed by atoms with Gasteiger partial charge in [-0.05, 0) is 43.6 Å². The molecule has 1 saturated heterocycles. The number of carbonyl (C=O) groups is 1. The van der Waals surface area contributed by atoms with E-state index in [2.05, 4.69) is 43.0 Å². The molecule has 5 nitrogen and oxygen atoms in total. The molecule has 3 aromatic rings. The van der Waals surface area contributed by atoms with Crippen molar-refractivity contribution in [3.8, 4) is 11.3 Å². The summed E-state index contributed by atoms with van der Waals surface area (Å²) in [6.07, 6.45) is 3.17. The molecule has 1 fully saturated rings. The summed E-state index contributed by atoms with van der Waals surface area (Å²) < 4.78 is 5.95. The first-order valence-corrected chi connectivity index (χ1v) is 12.1. The average Bonchev–Trinajstić information content (AvgIpc) is 3.48. The smallest absolute Gasteiger partial charge is 0.264 e. The SMILES string of the molecule is CCC(C)N(Cc1c(-c2ccccc2)noc1N1CCC(C)CC1)C(=O)c1cccs1. The molecular formula is C25H31N3O2S. The minimum Gasteiger partial charge on any atom is -0.340 e. The van der Waals surface area contributed by atoms with Gasteiger partial charge in [-0.25, -0.2) is 0 Å². The van der Waals surface area contributed by atoms with Gasteiger partial charge in [0, 0.05) is 24.7 Å². The molecule has 0 bridgehead atoms. The Bertz CT molecular complexity index is 976. The summed E-state index contributed by atoms with van der Waals surface area (Å²) in [7, 11) is 0. The maximum atomic E-state index is 13.4. The summed E-state index contributed by atoms with van der Waals surface area (Å²) in [6.45, 7) is 8.94. The fourth-order valence-electron chi connectivity index (χ4n) is 4.09. The zero-order valence-electron chi connectivity index (χ0n) is 18.6. The van der Waals surface area contributed by atoms with Gasteiger partial charge in [0.1, 0.15) is 5.69 Å². The summed E-state index contributed by atoms with van der Waals surface area (Å²) in [6, 6.07) is 14.1. The molecule has 31 heavy (non-hydrogen) atoms. The first kappa shape index (κ1) is 21.6. The summed E-state index contributed by atoms with van der Waals surface area (Å²) in [5, 5.41) is 6.44. The van der Waals surface area contributed by atoms with Crippen LogP contribution in [0.1, 0.15) is 55.3 Å². The Hall–Kier alpha value is -2.60. The molecule has 4 rings (SSSR count). The second-order valence-electron chi connectivity index (χ2n) is 8.52. The Morgan fingerprint density at radius 2 is 1.97 bits per heavy atom. The van der Waals surface area contributed by atoms with E-state index in [1.165, 1.54) is 11.3 Å². The van der Waals surface area contributed by atoms with Crippen LogP contribution in [0.25, 0.3) is 11.3 Å². The van der Waals surface area contributed by atoms with Gasteiger partial charge in [-0.3, -0.25) is 4.79 Å². The van der Waals surface area contributed by atoms with Crippen molar-refractivity contribution < 1.29 is 9.32 Å². The van der Waals surface area contributed by atoms with E-state index < -0.39 is 0 Å². The Labute approximate surface area is 188 Å². The van der Waals surface area contributed by atoms with Crippen LogP contribution >= 0.6 is 11.3 Å². The molecule has 2 aromatic heterocycles. The van der Waals surface area contributed by atoms with Crippen molar-refractivity contribution in [3.05, 3.63) is 58.3 Å². The Morgan fingerprint density at radius 3 is 2.61 bits per heavy atom. The van der Waals surface area contributed by atoms with Gasteiger partial charge in [0.05, 0.1) is 17.0 Å². The minimum atomic E-state index is 0.0720. The number of benzene rings is 1. The molecule has 1 unspecified atom stereocenters. The molecule has 1 amide bonds. The maximum Gasteiger partial charge on any atom is 0.264 e. The van der Waals surface area contributed by atoms with Crippen molar-refractivity contribution in [1.29, 1.82) is 0 Å². The lowest BCUT2D eigenvalue weighted by Gasteiger charge is -2.32. The second-order valence-corrected chi connectivity index (χ2v) is 9.47.